The van der Waals surface area contributed by atoms with Gasteiger partial charge < -0.3 is 10.2 Å². The fourth-order valence-corrected chi connectivity index (χ4v) is 2.90. The van der Waals surface area contributed by atoms with E-state index in [0.717, 1.165) is 37.1 Å². The molecule has 0 amide bonds. The van der Waals surface area contributed by atoms with Gasteiger partial charge in [0, 0.05) is 31.4 Å². The van der Waals surface area contributed by atoms with Gasteiger partial charge in [-0.1, -0.05) is 24.3 Å². The Hall–Kier alpha value is -2.10. The molecule has 1 saturated heterocycles. The third-order valence-corrected chi connectivity index (χ3v) is 4.22. The molecule has 0 saturated carbocycles. The molecule has 0 unspecified atom stereocenters. The van der Waals surface area contributed by atoms with Crippen LogP contribution in [-0.4, -0.2) is 23.1 Å². The zero-order valence-electron chi connectivity index (χ0n) is 13.5. The highest BCUT2D eigenvalue weighted by Gasteiger charge is 2.13. The monoisotopic (exact) mass is 296 g/mol. The lowest BCUT2D eigenvalue weighted by Crippen LogP contribution is -2.30. The Morgan fingerprint density at radius 2 is 1.82 bits per heavy atom. The molecule has 1 aromatic carbocycles. The molecule has 0 bridgehead atoms. The number of hydrogen-bond acceptors (Lipinski definition) is 4. The molecule has 0 spiro atoms. The standard InChI is InChI=1S/C18H24N4/c1-14-8-4-5-9-16(14)13-19-18-20-15(2)12-17(21-18)22-10-6-3-7-11-22/h4-5,8-9,12H,3,6-7,10-11,13H2,1-2H3,(H,19,20,21). The Morgan fingerprint density at radius 1 is 1.05 bits per heavy atom. The van der Waals surface area contributed by atoms with Crippen molar-refractivity contribution in [1.29, 1.82) is 0 Å². The number of aryl methyl sites for hydroxylation is 2. The van der Waals surface area contributed by atoms with Crippen LogP contribution in [-0.2, 0) is 6.54 Å². The molecule has 1 N–H and O–H groups in total. The maximum Gasteiger partial charge on any atom is 0.225 e. The van der Waals surface area contributed by atoms with E-state index in [1.807, 2.05) is 6.92 Å². The lowest BCUT2D eigenvalue weighted by atomic mass is 10.1. The molecule has 1 aliphatic heterocycles. The molecule has 4 heteroatoms. The van der Waals surface area contributed by atoms with E-state index in [9.17, 15) is 0 Å². The largest absolute Gasteiger partial charge is 0.356 e. The normalized spacial score (nSPS) is 14.9. The summed E-state index contributed by atoms with van der Waals surface area (Å²) in [5, 5.41) is 3.37. The lowest BCUT2D eigenvalue weighted by molar-refractivity contribution is 0.573. The van der Waals surface area contributed by atoms with E-state index in [0.29, 0.717) is 0 Å². The molecule has 1 fully saturated rings. The smallest absolute Gasteiger partial charge is 0.225 e. The Bertz CT molecular complexity index is 633. The van der Waals surface area contributed by atoms with Crippen molar-refractivity contribution in [2.45, 2.75) is 39.7 Å². The van der Waals surface area contributed by atoms with Gasteiger partial charge in [-0.2, -0.15) is 4.98 Å². The fraction of sp³-hybridized carbons (Fsp3) is 0.444. The van der Waals surface area contributed by atoms with E-state index in [2.05, 4.69) is 52.5 Å². The number of piperidine rings is 1. The zero-order valence-corrected chi connectivity index (χ0v) is 13.5. The molecular weight excluding hydrogens is 272 g/mol. The van der Waals surface area contributed by atoms with Gasteiger partial charge in [-0.25, -0.2) is 4.98 Å². The van der Waals surface area contributed by atoms with Gasteiger partial charge >= 0.3 is 0 Å². The van der Waals surface area contributed by atoms with Crippen LogP contribution in [0.2, 0.25) is 0 Å². The van der Waals surface area contributed by atoms with Crippen LogP contribution in [0.5, 0.6) is 0 Å². The summed E-state index contributed by atoms with van der Waals surface area (Å²) in [6.45, 7) is 7.14. The van der Waals surface area contributed by atoms with E-state index in [-0.39, 0.29) is 0 Å². The number of hydrogen-bond donors (Lipinski definition) is 1. The second-order valence-corrected chi connectivity index (χ2v) is 6.02. The van der Waals surface area contributed by atoms with Crippen LogP contribution < -0.4 is 10.2 Å². The number of benzene rings is 1. The minimum absolute atomic E-state index is 0.726. The summed E-state index contributed by atoms with van der Waals surface area (Å²) >= 11 is 0. The summed E-state index contributed by atoms with van der Waals surface area (Å²) in [5.74, 6) is 1.78. The highest BCUT2D eigenvalue weighted by molar-refractivity contribution is 5.45. The van der Waals surface area contributed by atoms with Gasteiger partial charge in [0.25, 0.3) is 0 Å². The van der Waals surface area contributed by atoms with Crippen LogP contribution in [0.15, 0.2) is 30.3 Å². The molecule has 2 heterocycles. The molecule has 0 radical (unpaired) electrons. The molecule has 116 valence electrons. The van der Waals surface area contributed by atoms with Crippen molar-refractivity contribution in [3.8, 4) is 0 Å². The Balaban J connectivity index is 1.73. The maximum absolute atomic E-state index is 4.71. The number of nitrogens with one attached hydrogen (secondary N) is 1. The third kappa shape index (κ3) is 3.56. The van der Waals surface area contributed by atoms with Gasteiger partial charge in [0.05, 0.1) is 0 Å². The molecular formula is C18H24N4. The van der Waals surface area contributed by atoms with E-state index in [1.165, 1.54) is 30.4 Å². The average molecular weight is 296 g/mol. The molecule has 2 aromatic rings. The fourth-order valence-electron chi connectivity index (χ4n) is 2.90. The van der Waals surface area contributed by atoms with Crippen molar-refractivity contribution >= 4 is 11.8 Å². The van der Waals surface area contributed by atoms with E-state index < -0.39 is 0 Å². The van der Waals surface area contributed by atoms with Crippen molar-refractivity contribution < 1.29 is 0 Å². The minimum atomic E-state index is 0.726. The summed E-state index contributed by atoms with van der Waals surface area (Å²) in [7, 11) is 0. The van der Waals surface area contributed by atoms with Gasteiger partial charge in [-0.3, -0.25) is 0 Å². The van der Waals surface area contributed by atoms with Crippen molar-refractivity contribution in [2.24, 2.45) is 0 Å². The Labute approximate surface area is 132 Å². The molecule has 22 heavy (non-hydrogen) atoms. The second kappa shape index (κ2) is 6.77. The van der Waals surface area contributed by atoms with Crippen LogP contribution in [0.25, 0.3) is 0 Å². The molecule has 0 atom stereocenters. The molecule has 1 aliphatic rings. The third-order valence-electron chi connectivity index (χ3n) is 4.22. The SMILES string of the molecule is Cc1cc(N2CCCCC2)nc(NCc2ccccc2C)n1. The molecule has 1 aromatic heterocycles. The number of aromatic nitrogens is 2. The van der Waals surface area contributed by atoms with Crippen molar-refractivity contribution in [3.05, 3.63) is 47.2 Å². The van der Waals surface area contributed by atoms with Gasteiger partial charge in [-0.05, 0) is 44.2 Å². The van der Waals surface area contributed by atoms with Crippen LogP contribution >= 0.6 is 0 Å². The van der Waals surface area contributed by atoms with Gasteiger partial charge in [0.2, 0.25) is 5.95 Å². The molecule has 3 rings (SSSR count). The van der Waals surface area contributed by atoms with Gasteiger partial charge in [0.1, 0.15) is 5.82 Å². The second-order valence-electron chi connectivity index (χ2n) is 6.02. The molecule has 4 nitrogen and oxygen atoms in total. The minimum Gasteiger partial charge on any atom is -0.356 e. The summed E-state index contributed by atoms with van der Waals surface area (Å²) in [5.41, 5.74) is 3.59. The Kier molecular flexibility index (Phi) is 4.56. The summed E-state index contributed by atoms with van der Waals surface area (Å²) < 4.78 is 0. The summed E-state index contributed by atoms with van der Waals surface area (Å²) in [6, 6.07) is 10.5. The van der Waals surface area contributed by atoms with E-state index in [4.69, 9.17) is 4.98 Å². The maximum atomic E-state index is 4.71. The number of rotatable bonds is 4. The van der Waals surface area contributed by atoms with Crippen molar-refractivity contribution in [3.63, 3.8) is 0 Å². The van der Waals surface area contributed by atoms with Crippen LogP contribution in [0, 0.1) is 13.8 Å². The molecule has 0 aliphatic carbocycles. The van der Waals surface area contributed by atoms with Gasteiger partial charge in [0.15, 0.2) is 0 Å². The predicted molar refractivity (Wildman–Crippen MR) is 91.3 cm³/mol. The van der Waals surface area contributed by atoms with Crippen molar-refractivity contribution in [1.82, 2.24) is 9.97 Å². The van der Waals surface area contributed by atoms with Crippen LogP contribution in [0.3, 0.4) is 0 Å². The first-order valence-electron chi connectivity index (χ1n) is 8.11. The first-order valence-corrected chi connectivity index (χ1v) is 8.11. The summed E-state index contributed by atoms with van der Waals surface area (Å²) in [6.07, 6.45) is 3.85. The predicted octanol–water partition coefficient (Wildman–Crippen LogP) is 3.70. The first-order chi connectivity index (χ1) is 10.7. The average Bonchev–Trinajstić information content (AvgIpc) is 2.54. The topological polar surface area (TPSA) is 41.1 Å². The van der Waals surface area contributed by atoms with E-state index in [1.54, 1.807) is 0 Å². The van der Waals surface area contributed by atoms with Crippen LogP contribution in [0.1, 0.15) is 36.1 Å². The van der Waals surface area contributed by atoms with Crippen molar-refractivity contribution in [2.75, 3.05) is 23.3 Å². The zero-order chi connectivity index (χ0) is 15.4. The summed E-state index contributed by atoms with van der Waals surface area (Å²) in [4.78, 5) is 11.6. The van der Waals surface area contributed by atoms with Gasteiger partial charge in [-0.15, -0.1) is 0 Å². The first kappa shape index (κ1) is 14.8. The lowest BCUT2D eigenvalue weighted by Gasteiger charge is -2.28. The Morgan fingerprint density at radius 3 is 2.59 bits per heavy atom. The highest BCUT2D eigenvalue weighted by Crippen LogP contribution is 2.20. The number of anilines is 2. The quantitative estimate of drug-likeness (QED) is 0.934. The van der Waals surface area contributed by atoms with E-state index >= 15 is 0 Å². The van der Waals surface area contributed by atoms with Crippen LogP contribution in [0.4, 0.5) is 11.8 Å². The number of nitrogens with zero attached hydrogens (tertiary/aromatic N) is 3. The highest BCUT2D eigenvalue weighted by atomic mass is 15.2.